The molecule has 5 heteroatoms. The molecular formula is C19H24N4O. The van der Waals surface area contributed by atoms with Gasteiger partial charge in [-0.2, -0.15) is 0 Å². The minimum atomic E-state index is -0.123. The molecule has 0 unspecified atom stereocenters. The third-order valence-electron chi connectivity index (χ3n) is 4.55. The molecule has 5 nitrogen and oxygen atoms in total. The maximum Gasteiger partial charge on any atom is 0.318 e. The average Bonchev–Trinajstić information content (AvgIpc) is 2.72. The van der Waals surface area contributed by atoms with Crippen LogP contribution in [0.1, 0.15) is 31.1 Å². The van der Waals surface area contributed by atoms with Crippen molar-refractivity contribution in [1.82, 2.24) is 15.2 Å². The SMILES string of the molecule is C[C@H](NC(=O)N1Cc2ccccc2N(C)C[C@@H]1C)c1ccccn1. The topological polar surface area (TPSA) is 48.5 Å². The number of hydrogen-bond donors (Lipinski definition) is 1. The van der Waals surface area contributed by atoms with E-state index in [0.717, 1.165) is 12.2 Å². The van der Waals surface area contributed by atoms with Crippen molar-refractivity contribution >= 4 is 11.7 Å². The summed E-state index contributed by atoms with van der Waals surface area (Å²) in [4.78, 5) is 21.3. The number of nitrogens with zero attached hydrogens (tertiary/aromatic N) is 3. The van der Waals surface area contributed by atoms with E-state index in [4.69, 9.17) is 0 Å². The lowest BCUT2D eigenvalue weighted by atomic mass is 10.1. The highest BCUT2D eigenvalue weighted by atomic mass is 16.2. The van der Waals surface area contributed by atoms with Crippen LogP contribution in [0, 0.1) is 0 Å². The van der Waals surface area contributed by atoms with E-state index in [2.05, 4.69) is 41.3 Å². The van der Waals surface area contributed by atoms with Gasteiger partial charge in [0, 0.05) is 38.1 Å². The molecule has 0 aliphatic carbocycles. The van der Waals surface area contributed by atoms with Crippen LogP contribution in [0.5, 0.6) is 0 Å². The predicted molar refractivity (Wildman–Crippen MR) is 95.9 cm³/mol. The van der Waals surface area contributed by atoms with Gasteiger partial charge >= 0.3 is 6.03 Å². The van der Waals surface area contributed by atoms with Gasteiger partial charge in [0.1, 0.15) is 0 Å². The smallest absolute Gasteiger partial charge is 0.318 e. The maximum atomic E-state index is 12.8. The van der Waals surface area contributed by atoms with Crippen molar-refractivity contribution in [1.29, 1.82) is 0 Å². The van der Waals surface area contributed by atoms with Crippen molar-refractivity contribution in [3.63, 3.8) is 0 Å². The monoisotopic (exact) mass is 324 g/mol. The number of urea groups is 1. The van der Waals surface area contributed by atoms with E-state index in [-0.39, 0.29) is 18.1 Å². The summed E-state index contributed by atoms with van der Waals surface area (Å²) in [7, 11) is 2.08. The van der Waals surface area contributed by atoms with Crippen LogP contribution in [0.3, 0.4) is 0 Å². The van der Waals surface area contributed by atoms with Gasteiger partial charge in [0.25, 0.3) is 0 Å². The lowest BCUT2D eigenvalue weighted by molar-refractivity contribution is 0.175. The van der Waals surface area contributed by atoms with Crippen molar-refractivity contribution in [3.05, 3.63) is 59.9 Å². The molecule has 0 radical (unpaired) electrons. The number of anilines is 1. The van der Waals surface area contributed by atoms with Crippen molar-refractivity contribution < 1.29 is 4.79 Å². The Morgan fingerprint density at radius 2 is 2.00 bits per heavy atom. The fraction of sp³-hybridized carbons (Fsp3) is 0.368. The number of rotatable bonds is 2. The Kier molecular flexibility index (Phi) is 4.69. The molecule has 126 valence electrons. The first-order valence-electron chi connectivity index (χ1n) is 8.33. The van der Waals surface area contributed by atoms with Gasteiger partial charge in [0.2, 0.25) is 0 Å². The quantitative estimate of drug-likeness (QED) is 0.923. The van der Waals surface area contributed by atoms with Gasteiger partial charge in [0.05, 0.1) is 11.7 Å². The van der Waals surface area contributed by atoms with E-state index in [1.165, 1.54) is 11.3 Å². The number of aromatic nitrogens is 1. The molecule has 2 atom stereocenters. The zero-order chi connectivity index (χ0) is 17.1. The van der Waals surface area contributed by atoms with Crippen molar-refractivity contribution in [2.24, 2.45) is 0 Å². The largest absolute Gasteiger partial charge is 0.372 e. The highest BCUT2D eigenvalue weighted by molar-refractivity contribution is 5.76. The molecular weight excluding hydrogens is 300 g/mol. The second-order valence-electron chi connectivity index (χ2n) is 6.41. The molecule has 2 aromatic rings. The van der Waals surface area contributed by atoms with Crippen LogP contribution in [-0.2, 0) is 6.54 Å². The second kappa shape index (κ2) is 6.91. The first kappa shape index (κ1) is 16.3. The molecule has 3 rings (SSSR count). The fourth-order valence-electron chi connectivity index (χ4n) is 3.20. The lowest BCUT2D eigenvalue weighted by Crippen LogP contribution is -2.47. The summed E-state index contributed by atoms with van der Waals surface area (Å²) >= 11 is 0. The third-order valence-corrected chi connectivity index (χ3v) is 4.55. The molecule has 2 heterocycles. The zero-order valence-electron chi connectivity index (χ0n) is 14.4. The molecule has 2 amide bonds. The number of amides is 2. The van der Waals surface area contributed by atoms with E-state index in [1.807, 2.05) is 42.2 Å². The second-order valence-corrected chi connectivity index (χ2v) is 6.41. The molecule has 0 fully saturated rings. The molecule has 0 saturated heterocycles. The number of likely N-dealkylation sites (N-methyl/N-ethyl adjacent to an activating group) is 1. The number of fused-ring (bicyclic) bond motifs is 1. The molecule has 1 aliphatic heterocycles. The molecule has 0 saturated carbocycles. The standard InChI is InChI=1S/C19H24N4O/c1-14-12-22(3)18-10-5-4-8-16(18)13-23(14)19(24)21-15(2)17-9-6-7-11-20-17/h4-11,14-15H,12-13H2,1-3H3,(H,21,24)/t14-,15-/m0/s1. The first-order chi connectivity index (χ1) is 11.6. The molecule has 0 bridgehead atoms. The van der Waals surface area contributed by atoms with E-state index in [9.17, 15) is 4.79 Å². The van der Waals surface area contributed by atoms with Gasteiger partial charge in [-0.15, -0.1) is 0 Å². The summed E-state index contributed by atoms with van der Waals surface area (Å²) in [6.07, 6.45) is 1.75. The third kappa shape index (κ3) is 3.35. The Morgan fingerprint density at radius 3 is 2.75 bits per heavy atom. The number of nitrogens with one attached hydrogen (secondary N) is 1. The summed E-state index contributed by atoms with van der Waals surface area (Å²) in [6.45, 7) is 5.47. The van der Waals surface area contributed by atoms with Crippen molar-refractivity contribution in [2.75, 3.05) is 18.5 Å². The summed E-state index contributed by atoms with van der Waals surface area (Å²) < 4.78 is 0. The van der Waals surface area contributed by atoms with Crippen LogP contribution < -0.4 is 10.2 Å². The van der Waals surface area contributed by atoms with Crippen LogP contribution in [0.15, 0.2) is 48.7 Å². The molecule has 1 aromatic heterocycles. The Balaban J connectivity index is 1.77. The summed E-state index contributed by atoms with van der Waals surface area (Å²) in [5.41, 5.74) is 3.23. The van der Waals surface area contributed by atoms with Gasteiger partial charge in [-0.1, -0.05) is 24.3 Å². The average molecular weight is 324 g/mol. The number of carbonyl (C=O) groups is 1. The predicted octanol–water partition coefficient (Wildman–Crippen LogP) is 3.19. The van der Waals surface area contributed by atoms with Gasteiger partial charge in [0.15, 0.2) is 0 Å². The van der Waals surface area contributed by atoms with Crippen LogP contribution in [0.2, 0.25) is 0 Å². The maximum absolute atomic E-state index is 12.8. The van der Waals surface area contributed by atoms with Gasteiger partial charge < -0.3 is 15.1 Å². The van der Waals surface area contributed by atoms with Crippen LogP contribution in [0.25, 0.3) is 0 Å². The molecule has 1 aromatic carbocycles. The Morgan fingerprint density at radius 1 is 1.25 bits per heavy atom. The van der Waals surface area contributed by atoms with Crippen LogP contribution in [0.4, 0.5) is 10.5 Å². The number of carbonyl (C=O) groups excluding carboxylic acids is 1. The number of benzene rings is 1. The molecule has 1 N–H and O–H groups in total. The van der Waals surface area contributed by atoms with E-state index < -0.39 is 0 Å². The fourth-order valence-corrected chi connectivity index (χ4v) is 3.20. The van der Waals surface area contributed by atoms with Crippen LogP contribution in [-0.4, -0.2) is 35.5 Å². The highest BCUT2D eigenvalue weighted by Gasteiger charge is 2.27. The van der Waals surface area contributed by atoms with Gasteiger partial charge in [-0.3, -0.25) is 4.98 Å². The number of hydrogen-bond acceptors (Lipinski definition) is 3. The van der Waals surface area contributed by atoms with Crippen LogP contribution >= 0.6 is 0 Å². The Labute approximate surface area is 143 Å². The summed E-state index contributed by atoms with van der Waals surface area (Å²) in [6, 6.07) is 14.0. The van der Waals surface area contributed by atoms with E-state index in [0.29, 0.717) is 6.54 Å². The minimum absolute atomic E-state index is 0.0502. The normalized spacial score (nSPS) is 18.5. The lowest BCUT2D eigenvalue weighted by Gasteiger charge is -2.29. The van der Waals surface area contributed by atoms with Crippen molar-refractivity contribution in [3.8, 4) is 0 Å². The van der Waals surface area contributed by atoms with E-state index in [1.54, 1.807) is 6.20 Å². The van der Waals surface area contributed by atoms with Gasteiger partial charge in [-0.05, 0) is 37.6 Å². The first-order valence-corrected chi connectivity index (χ1v) is 8.33. The number of para-hydroxylation sites is 1. The highest BCUT2D eigenvalue weighted by Crippen LogP contribution is 2.26. The van der Waals surface area contributed by atoms with Crippen molar-refractivity contribution in [2.45, 2.75) is 32.5 Å². The van der Waals surface area contributed by atoms with E-state index >= 15 is 0 Å². The summed E-state index contributed by atoms with van der Waals surface area (Å²) in [5, 5.41) is 3.08. The Bertz CT molecular complexity index is 704. The molecule has 0 spiro atoms. The van der Waals surface area contributed by atoms with Gasteiger partial charge in [-0.25, -0.2) is 4.79 Å². The zero-order valence-corrected chi connectivity index (χ0v) is 14.4. The molecule has 24 heavy (non-hydrogen) atoms. The summed E-state index contributed by atoms with van der Waals surface area (Å²) in [5.74, 6) is 0. The molecule has 1 aliphatic rings. The number of pyridine rings is 1. The Hall–Kier alpha value is -2.56. The minimum Gasteiger partial charge on any atom is -0.372 e.